The molecule has 2 aliphatic carbocycles. The highest BCUT2D eigenvalue weighted by atomic mass is 35.5. The predicted molar refractivity (Wildman–Crippen MR) is 236 cm³/mol. The number of urea groups is 2. The fourth-order valence-corrected chi connectivity index (χ4v) is 8.25. The molecule has 7 N–H and O–H groups in total. The van der Waals surface area contributed by atoms with Gasteiger partial charge >= 0.3 is 29.9 Å². The van der Waals surface area contributed by atoms with Gasteiger partial charge < -0.3 is 46.2 Å². The van der Waals surface area contributed by atoms with E-state index in [1.807, 2.05) is 20.8 Å². The number of alkyl carbamates (subject to hydrolysis) is 1. The molecule has 19 nitrogen and oxygen atoms in total. The quantitative estimate of drug-likeness (QED) is 0.219. The molecule has 7 amide bonds. The number of carbonyl (C=O) groups is 5. The zero-order valence-electron chi connectivity index (χ0n) is 37.3. The number of piperazine rings is 2. The summed E-state index contributed by atoms with van der Waals surface area (Å²) in [6.45, 7) is 19.1. The summed E-state index contributed by atoms with van der Waals surface area (Å²) in [6.07, 6.45) is 8.57. The van der Waals surface area contributed by atoms with Gasteiger partial charge in [-0.25, -0.2) is 24.0 Å². The first kappa shape index (κ1) is 50.7. The summed E-state index contributed by atoms with van der Waals surface area (Å²) in [5, 5.41) is 22.3. The monoisotopic (exact) mass is 880 g/mol. The normalized spacial score (nSPS) is 21.1. The molecular weight excluding hydrogens is 810 g/mol. The lowest BCUT2D eigenvalue weighted by Crippen LogP contribution is -2.65. The SMILES string of the molecule is CC(C)(C)OC(=O)NC1CCC(NCC2CC=C(n3ccc(NC(=O)N4CCN(C(=O)C(C)(C)N(C(=O)O)C(C)(C)C)CC4)nc3=O)CC2)CC1.Cl.NC(=O)N1CCNCC1. The molecule has 3 heterocycles. The number of aromatic nitrogens is 2. The number of halogens is 1. The van der Waals surface area contributed by atoms with Gasteiger partial charge in [0.1, 0.15) is 17.0 Å². The number of nitrogens with one attached hydrogen (secondary N) is 4. The fourth-order valence-electron chi connectivity index (χ4n) is 8.25. The molecule has 61 heavy (non-hydrogen) atoms. The van der Waals surface area contributed by atoms with Crippen LogP contribution in [0.4, 0.5) is 25.0 Å². The van der Waals surface area contributed by atoms with Crippen molar-refractivity contribution in [3.8, 4) is 0 Å². The predicted octanol–water partition coefficient (Wildman–Crippen LogP) is 3.94. The summed E-state index contributed by atoms with van der Waals surface area (Å²) in [6, 6.07) is 1.44. The molecule has 1 atom stereocenters. The molecule has 20 heteroatoms. The summed E-state index contributed by atoms with van der Waals surface area (Å²) in [5.74, 6) is 0.292. The second kappa shape index (κ2) is 21.9. The van der Waals surface area contributed by atoms with Gasteiger partial charge in [-0.1, -0.05) is 6.08 Å². The number of nitrogens with zero attached hydrogens (tertiary/aromatic N) is 6. The Balaban J connectivity index is 0.000000878. The van der Waals surface area contributed by atoms with Crippen molar-refractivity contribution in [2.24, 2.45) is 11.7 Å². The second-order valence-corrected chi connectivity index (χ2v) is 18.5. The largest absolute Gasteiger partial charge is 0.465 e. The Labute approximate surface area is 365 Å². The number of rotatable bonds is 8. The third-order valence-electron chi connectivity index (χ3n) is 11.2. The van der Waals surface area contributed by atoms with E-state index in [-0.39, 0.29) is 68.5 Å². The highest BCUT2D eigenvalue weighted by molar-refractivity contribution is 5.90. The molecule has 0 radical (unpaired) electrons. The van der Waals surface area contributed by atoms with Gasteiger partial charge in [0.15, 0.2) is 0 Å². The van der Waals surface area contributed by atoms with E-state index in [1.165, 1.54) is 4.57 Å². The number of primary amides is 1. The molecular formula is C41H70ClN11O8. The molecule has 0 spiro atoms. The van der Waals surface area contributed by atoms with Crippen molar-refractivity contribution < 1.29 is 33.8 Å². The van der Waals surface area contributed by atoms with E-state index in [0.717, 1.165) is 88.3 Å². The maximum absolute atomic E-state index is 13.4. The summed E-state index contributed by atoms with van der Waals surface area (Å²) in [7, 11) is 0. The minimum Gasteiger partial charge on any atom is -0.465 e. The van der Waals surface area contributed by atoms with E-state index in [9.17, 15) is 33.9 Å². The van der Waals surface area contributed by atoms with E-state index in [2.05, 4.69) is 32.3 Å². The Morgan fingerprint density at radius 3 is 1.97 bits per heavy atom. The highest BCUT2D eigenvalue weighted by Crippen LogP contribution is 2.29. The molecule has 2 aliphatic heterocycles. The summed E-state index contributed by atoms with van der Waals surface area (Å²) >= 11 is 0. The van der Waals surface area contributed by atoms with Gasteiger partial charge in [-0.3, -0.25) is 19.6 Å². The van der Waals surface area contributed by atoms with Gasteiger partial charge in [0.2, 0.25) is 5.91 Å². The Hall–Kier alpha value is -4.62. The Kier molecular flexibility index (Phi) is 18.3. The van der Waals surface area contributed by atoms with Crippen LogP contribution >= 0.6 is 12.4 Å². The fraction of sp³-hybridized carbons (Fsp3) is 0.732. The molecule has 1 aromatic rings. The zero-order valence-corrected chi connectivity index (χ0v) is 38.1. The van der Waals surface area contributed by atoms with E-state index >= 15 is 0 Å². The van der Waals surface area contributed by atoms with Crippen molar-refractivity contribution in [1.82, 2.24) is 45.1 Å². The van der Waals surface area contributed by atoms with Crippen LogP contribution in [0.2, 0.25) is 0 Å². The van der Waals surface area contributed by atoms with Crippen LogP contribution in [-0.2, 0) is 9.53 Å². The van der Waals surface area contributed by atoms with Gasteiger partial charge in [-0.15, -0.1) is 12.4 Å². The van der Waals surface area contributed by atoms with Gasteiger partial charge in [-0.05, 0) is 119 Å². The van der Waals surface area contributed by atoms with Crippen LogP contribution in [0.5, 0.6) is 0 Å². The highest BCUT2D eigenvalue weighted by Gasteiger charge is 2.46. The minimum atomic E-state index is -1.29. The Morgan fingerprint density at radius 1 is 0.885 bits per heavy atom. The first-order valence-electron chi connectivity index (χ1n) is 21.2. The van der Waals surface area contributed by atoms with E-state index < -0.39 is 34.5 Å². The van der Waals surface area contributed by atoms with Gasteiger partial charge in [0.05, 0.1) is 0 Å². The molecule has 0 bridgehead atoms. The lowest BCUT2D eigenvalue weighted by Gasteiger charge is -2.47. The number of anilines is 1. The number of hydrogen-bond donors (Lipinski definition) is 6. The first-order valence-corrected chi connectivity index (χ1v) is 21.2. The average Bonchev–Trinajstić information content (AvgIpc) is 3.16. The van der Waals surface area contributed by atoms with Crippen LogP contribution in [0.3, 0.4) is 0 Å². The molecule has 1 saturated carbocycles. The maximum atomic E-state index is 13.4. The third-order valence-corrected chi connectivity index (χ3v) is 11.2. The van der Waals surface area contributed by atoms with Crippen molar-refractivity contribution in [1.29, 1.82) is 0 Å². The van der Waals surface area contributed by atoms with E-state index in [1.54, 1.807) is 61.6 Å². The number of allylic oxidation sites excluding steroid dienone is 2. The molecule has 1 unspecified atom stereocenters. The number of nitrogens with two attached hydrogens (primary N) is 1. The summed E-state index contributed by atoms with van der Waals surface area (Å²) in [5.41, 5.74) is 2.87. The van der Waals surface area contributed by atoms with Gasteiger partial charge in [0.25, 0.3) is 0 Å². The van der Waals surface area contributed by atoms with Crippen LogP contribution in [-0.4, -0.2) is 152 Å². The number of hydrogen-bond acceptors (Lipinski definition) is 10. The lowest BCUT2D eigenvalue weighted by molar-refractivity contribution is -0.145. The van der Waals surface area contributed by atoms with Crippen LogP contribution < -0.4 is 32.7 Å². The minimum absolute atomic E-state index is 0. The second-order valence-electron chi connectivity index (χ2n) is 18.5. The summed E-state index contributed by atoms with van der Waals surface area (Å²) in [4.78, 5) is 84.0. The molecule has 4 aliphatic rings. The van der Waals surface area contributed by atoms with Crippen LogP contribution in [0.15, 0.2) is 23.1 Å². The molecule has 0 aromatic carbocycles. The molecule has 2 saturated heterocycles. The Bertz CT molecular complexity index is 1750. The smallest absolute Gasteiger partial charge is 0.408 e. The van der Waals surface area contributed by atoms with Crippen LogP contribution in [0.1, 0.15) is 100 Å². The topological polar surface area (TPSA) is 237 Å². The molecule has 1 aromatic heterocycles. The third kappa shape index (κ3) is 15.1. The number of ether oxygens (including phenoxy) is 1. The lowest BCUT2D eigenvalue weighted by atomic mass is 9.89. The summed E-state index contributed by atoms with van der Waals surface area (Å²) < 4.78 is 6.91. The average molecular weight is 881 g/mol. The van der Waals surface area contributed by atoms with Crippen molar-refractivity contribution in [2.45, 2.75) is 129 Å². The standard InChI is InChI=1S/C36H58N8O7.C5H11N3O.ClH/c1-34(2,3)44(33(49)50)36(7,8)29(45)41-19-21-42(22-20-41)30(46)39-28-17-18-43(31(47)40-28)27-15-9-24(10-16-27)23-37-25-11-13-26(14-12-25)38-32(48)51-35(4,5)6;6-5(9)8-3-1-7-2-4-8;/h15,17-18,24-26,37H,9-14,16,19-23H2,1-8H3,(H,38,48)(H,49,50)(H,39,40,46,47);7H,1-4H2,(H2,6,9);1H. The number of amides is 7. The van der Waals surface area contributed by atoms with Crippen molar-refractivity contribution in [2.75, 3.05) is 64.2 Å². The first-order chi connectivity index (χ1) is 28.0. The Morgan fingerprint density at radius 2 is 1.48 bits per heavy atom. The van der Waals surface area contributed by atoms with Crippen LogP contribution in [0, 0.1) is 5.92 Å². The zero-order chi connectivity index (χ0) is 44.4. The molecule has 344 valence electrons. The van der Waals surface area contributed by atoms with Crippen LogP contribution in [0.25, 0.3) is 5.70 Å². The molecule has 3 fully saturated rings. The maximum Gasteiger partial charge on any atom is 0.408 e. The van der Waals surface area contributed by atoms with E-state index in [4.69, 9.17) is 10.5 Å². The van der Waals surface area contributed by atoms with Crippen molar-refractivity contribution in [3.05, 3.63) is 28.8 Å². The van der Waals surface area contributed by atoms with Gasteiger partial charge in [-0.2, -0.15) is 4.98 Å². The molecule has 5 rings (SSSR count). The number of carbonyl (C=O) groups excluding carboxylic acids is 4. The van der Waals surface area contributed by atoms with Crippen molar-refractivity contribution >= 4 is 54.1 Å². The number of carboxylic acid groups (broad SMARTS) is 1. The van der Waals surface area contributed by atoms with Crippen molar-refractivity contribution in [3.63, 3.8) is 0 Å². The van der Waals surface area contributed by atoms with Gasteiger partial charge in [0, 0.05) is 81.9 Å². The van der Waals surface area contributed by atoms with E-state index in [0.29, 0.717) is 12.0 Å².